The van der Waals surface area contributed by atoms with Crippen LogP contribution in [0.15, 0.2) is 12.1 Å². The third kappa shape index (κ3) is 3.98. The maximum Gasteiger partial charge on any atom is 0.339 e. The SMILES string of the molecule is COc1cc(COC(C)=O)cc(C(=O)O)c1OC(C)=O. The van der Waals surface area contributed by atoms with Crippen molar-refractivity contribution in [1.82, 2.24) is 0 Å². The molecule has 1 aromatic carbocycles. The molecule has 0 unspecified atom stereocenters. The van der Waals surface area contributed by atoms with Crippen LogP contribution in [0.3, 0.4) is 0 Å². The fourth-order valence-corrected chi connectivity index (χ4v) is 1.49. The van der Waals surface area contributed by atoms with E-state index in [-0.39, 0.29) is 23.7 Å². The zero-order chi connectivity index (χ0) is 15.3. The number of benzene rings is 1. The van der Waals surface area contributed by atoms with Gasteiger partial charge in [-0.15, -0.1) is 0 Å². The summed E-state index contributed by atoms with van der Waals surface area (Å²) in [6, 6.07) is 2.69. The molecule has 0 heterocycles. The van der Waals surface area contributed by atoms with Gasteiger partial charge in [0, 0.05) is 13.8 Å². The Kier molecular flexibility index (Phi) is 5.08. The number of carboxylic acids is 1. The van der Waals surface area contributed by atoms with Gasteiger partial charge in [0.25, 0.3) is 0 Å². The van der Waals surface area contributed by atoms with Crippen LogP contribution in [-0.4, -0.2) is 30.1 Å². The van der Waals surface area contributed by atoms with Crippen molar-refractivity contribution in [3.05, 3.63) is 23.3 Å². The summed E-state index contributed by atoms with van der Waals surface area (Å²) in [6.45, 7) is 2.28. The first-order valence-electron chi connectivity index (χ1n) is 5.61. The second-order valence-corrected chi connectivity index (χ2v) is 3.85. The minimum atomic E-state index is -1.29. The Morgan fingerprint density at radius 2 is 1.80 bits per heavy atom. The van der Waals surface area contributed by atoms with Gasteiger partial charge in [-0.3, -0.25) is 9.59 Å². The summed E-state index contributed by atoms with van der Waals surface area (Å²) in [5.74, 6) is -2.56. The lowest BCUT2D eigenvalue weighted by molar-refractivity contribution is -0.142. The van der Waals surface area contributed by atoms with E-state index >= 15 is 0 Å². The molecule has 7 nitrogen and oxygen atoms in total. The summed E-state index contributed by atoms with van der Waals surface area (Å²) in [5, 5.41) is 9.15. The Hall–Kier alpha value is -2.57. The number of carbonyl (C=O) groups is 3. The van der Waals surface area contributed by atoms with Gasteiger partial charge in [-0.2, -0.15) is 0 Å². The molecule has 108 valence electrons. The summed E-state index contributed by atoms with van der Waals surface area (Å²) in [4.78, 5) is 33.0. The first-order chi connectivity index (χ1) is 9.35. The predicted molar refractivity (Wildman–Crippen MR) is 66.7 cm³/mol. The van der Waals surface area contributed by atoms with E-state index in [9.17, 15) is 14.4 Å². The van der Waals surface area contributed by atoms with Crippen LogP contribution in [0.5, 0.6) is 11.5 Å². The van der Waals surface area contributed by atoms with E-state index < -0.39 is 17.9 Å². The largest absolute Gasteiger partial charge is 0.493 e. The van der Waals surface area contributed by atoms with Crippen molar-refractivity contribution in [3.63, 3.8) is 0 Å². The number of aromatic carboxylic acids is 1. The van der Waals surface area contributed by atoms with E-state index in [1.54, 1.807) is 0 Å². The van der Waals surface area contributed by atoms with Gasteiger partial charge in [-0.25, -0.2) is 4.79 Å². The lowest BCUT2D eigenvalue weighted by atomic mass is 10.1. The molecule has 0 aliphatic heterocycles. The van der Waals surface area contributed by atoms with Crippen LogP contribution in [0.25, 0.3) is 0 Å². The molecule has 1 rings (SSSR count). The number of methoxy groups -OCH3 is 1. The molecule has 0 spiro atoms. The standard InChI is InChI=1S/C13H14O7/c1-7(14)19-6-9-4-10(13(16)17)12(20-8(2)15)11(5-9)18-3/h4-5H,6H2,1-3H3,(H,16,17). The van der Waals surface area contributed by atoms with E-state index in [4.69, 9.17) is 19.3 Å². The highest BCUT2D eigenvalue weighted by atomic mass is 16.6. The molecule has 0 aliphatic carbocycles. The summed E-state index contributed by atoms with van der Waals surface area (Å²) in [6.07, 6.45) is 0. The van der Waals surface area contributed by atoms with Crippen LogP contribution in [0, 0.1) is 0 Å². The average molecular weight is 282 g/mol. The highest BCUT2D eigenvalue weighted by Gasteiger charge is 2.20. The minimum Gasteiger partial charge on any atom is -0.493 e. The molecule has 0 bridgehead atoms. The van der Waals surface area contributed by atoms with Crippen molar-refractivity contribution < 1.29 is 33.7 Å². The second kappa shape index (κ2) is 6.55. The predicted octanol–water partition coefficient (Wildman–Crippen LogP) is 1.38. The van der Waals surface area contributed by atoms with E-state index in [2.05, 4.69) is 0 Å². The van der Waals surface area contributed by atoms with Crippen molar-refractivity contribution in [1.29, 1.82) is 0 Å². The number of hydrogen-bond donors (Lipinski definition) is 1. The average Bonchev–Trinajstić information content (AvgIpc) is 2.36. The van der Waals surface area contributed by atoms with Gasteiger partial charge in [-0.05, 0) is 17.7 Å². The maximum atomic E-state index is 11.2. The Morgan fingerprint density at radius 3 is 2.25 bits per heavy atom. The quantitative estimate of drug-likeness (QED) is 0.643. The smallest absolute Gasteiger partial charge is 0.339 e. The lowest BCUT2D eigenvalue weighted by Gasteiger charge is -2.13. The van der Waals surface area contributed by atoms with Crippen molar-refractivity contribution in [3.8, 4) is 11.5 Å². The molecule has 20 heavy (non-hydrogen) atoms. The molecule has 0 amide bonds. The monoisotopic (exact) mass is 282 g/mol. The van der Waals surface area contributed by atoms with E-state index in [1.165, 1.54) is 26.2 Å². The van der Waals surface area contributed by atoms with Crippen LogP contribution < -0.4 is 9.47 Å². The highest BCUT2D eigenvalue weighted by molar-refractivity contribution is 5.93. The molecule has 0 atom stereocenters. The van der Waals surface area contributed by atoms with Crippen LogP contribution in [-0.2, 0) is 20.9 Å². The van der Waals surface area contributed by atoms with Crippen molar-refractivity contribution >= 4 is 17.9 Å². The molecule has 7 heteroatoms. The molecule has 1 aromatic rings. The van der Waals surface area contributed by atoms with Crippen LogP contribution in [0.2, 0.25) is 0 Å². The number of ether oxygens (including phenoxy) is 3. The number of esters is 2. The van der Waals surface area contributed by atoms with Crippen LogP contribution in [0.1, 0.15) is 29.8 Å². The Labute approximate surface area is 115 Å². The third-order valence-electron chi connectivity index (χ3n) is 2.25. The van der Waals surface area contributed by atoms with E-state index in [0.29, 0.717) is 5.56 Å². The third-order valence-corrected chi connectivity index (χ3v) is 2.25. The summed E-state index contributed by atoms with van der Waals surface area (Å²) < 4.78 is 14.6. The first-order valence-corrected chi connectivity index (χ1v) is 5.61. The van der Waals surface area contributed by atoms with Gasteiger partial charge < -0.3 is 19.3 Å². The first kappa shape index (κ1) is 15.5. The van der Waals surface area contributed by atoms with Crippen LogP contribution >= 0.6 is 0 Å². The number of rotatable bonds is 5. The summed E-state index contributed by atoms with van der Waals surface area (Å²) >= 11 is 0. The fraction of sp³-hybridized carbons (Fsp3) is 0.308. The van der Waals surface area contributed by atoms with Gasteiger partial charge in [0.05, 0.1) is 7.11 Å². The maximum absolute atomic E-state index is 11.2. The molecule has 0 saturated carbocycles. The second-order valence-electron chi connectivity index (χ2n) is 3.85. The minimum absolute atomic E-state index is 0.0715. The van der Waals surface area contributed by atoms with Gasteiger partial charge in [-0.1, -0.05) is 0 Å². The van der Waals surface area contributed by atoms with Crippen LogP contribution in [0.4, 0.5) is 0 Å². The zero-order valence-corrected chi connectivity index (χ0v) is 11.3. The number of hydrogen-bond acceptors (Lipinski definition) is 6. The highest BCUT2D eigenvalue weighted by Crippen LogP contribution is 2.33. The molecule has 0 aromatic heterocycles. The molecule has 0 saturated heterocycles. The number of carboxylic acid groups (broad SMARTS) is 1. The Bertz CT molecular complexity index is 548. The molecule has 1 N–H and O–H groups in total. The summed E-state index contributed by atoms with van der Waals surface area (Å²) in [5.41, 5.74) is 0.159. The van der Waals surface area contributed by atoms with Crippen molar-refractivity contribution in [2.45, 2.75) is 20.5 Å². The summed E-state index contributed by atoms with van der Waals surface area (Å²) in [7, 11) is 1.31. The van der Waals surface area contributed by atoms with Gasteiger partial charge in [0.15, 0.2) is 11.5 Å². The Balaban J connectivity index is 3.26. The molecular formula is C13H14O7. The van der Waals surface area contributed by atoms with Gasteiger partial charge in [0.2, 0.25) is 0 Å². The molecular weight excluding hydrogens is 268 g/mol. The molecule has 0 fully saturated rings. The Morgan fingerprint density at radius 1 is 1.15 bits per heavy atom. The lowest BCUT2D eigenvalue weighted by Crippen LogP contribution is -2.10. The number of carbonyl (C=O) groups excluding carboxylic acids is 2. The normalized spacial score (nSPS) is 9.75. The van der Waals surface area contributed by atoms with E-state index in [1.807, 2.05) is 0 Å². The fourth-order valence-electron chi connectivity index (χ4n) is 1.49. The van der Waals surface area contributed by atoms with E-state index in [0.717, 1.165) is 6.92 Å². The topological polar surface area (TPSA) is 99.1 Å². The molecule has 0 aliphatic rings. The van der Waals surface area contributed by atoms with Crippen molar-refractivity contribution in [2.75, 3.05) is 7.11 Å². The van der Waals surface area contributed by atoms with Gasteiger partial charge >= 0.3 is 17.9 Å². The zero-order valence-electron chi connectivity index (χ0n) is 11.3. The molecule has 0 radical (unpaired) electrons. The van der Waals surface area contributed by atoms with Crippen molar-refractivity contribution in [2.24, 2.45) is 0 Å². The van der Waals surface area contributed by atoms with Gasteiger partial charge in [0.1, 0.15) is 12.2 Å².